The van der Waals surface area contributed by atoms with E-state index in [0.717, 1.165) is 59.1 Å². The van der Waals surface area contributed by atoms with Crippen LogP contribution in [0.1, 0.15) is 32.3 Å². The molecule has 0 aliphatic heterocycles. The SMILES string of the molecule is CCCCOc1ccc2c(Oc3ccc(OCCN(CC)CCOCCOCCOS(=O)(=O)c4ccc(C)cc4)cc3)c(-c3ccc(S(C)(=O)=O)cc3)ccc2c1. The molecule has 5 rings (SSSR count). The number of hydrogen-bond donors (Lipinski definition) is 0. The van der Waals surface area contributed by atoms with Crippen LogP contribution in [0, 0.1) is 6.92 Å². The highest BCUT2D eigenvalue weighted by molar-refractivity contribution is 7.90. The van der Waals surface area contributed by atoms with Crippen LogP contribution in [0.3, 0.4) is 0 Å². The first-order valence-electron chi connectivity index (χ1n) is 19.2. The number of unbranched alkanes of at least 4 members (excludes halogenated alkanes) is 1. The van der Waals surface area contributed by atoms with Crippen LogP contribution in [-0.4, -0.2) is 93.9 Å². The van der Waals surface area contributed by atoms with Crippen LogP contribution in [-0.2, 0) is 33.6 Å². The Morgan fingerprint density at radius 2 is 1.21 bits per heavy atom. The smallest absolute Gasteiger partial charge is 0.297 e. The van der Waals surface area contributed by atoms with Crippen LogP contribution in [0.25, 0.3) is 21.9 Å². The fraction of sp³-hybridized carbons (Fsp3) is 0.364. The second kappa shape index (κ2) is 21.3. The Morgan fingerprint density at radius 3 is 1.89 bits per heavy atom. The van der Waals surface area contributed by atoms with Crippen molar-refractivity contribution in [1.82, 2.24) is 4.90 Å². The van der Waals surface area contributed by atoms with E-state index in [2.05, 4.69) is 18.7 Å². The van der Waals surface area contributed by atoms with E-state index in [9.17, 15) is 16.8 Å². The summed E-state index contributed by atoms with van der Waals surface area (Å²) >= 11 is 0. The van der Waals surface area contributed by atoms with E-state index < -0.39 is 20.0 Å². The maximum atomic E-state index is 12.3. The van der Waals surface area contributed by atoms with Crippen LogP contribution in [0.2, 0.25) is 0 Å². The van der Waals surface area contributed by atoms with Gasteiger partial charge < -0.3 is 23.7 Å². The highest BCUT2D eigenvalue weighted by Crippen LogP contribution is 2.41. The molecular formula is C44H53NO10S2. The van der Waals surface area contributed by atoms with Crippen LogP contribution in [0.4, 0.5) is 0 Å². The van der Waals surface area contributed by atoms with Crippen LogP contribution in [0.15, 0.2) is 113 Å². The lowest BCUT2D eigenvalue weighted by molar-refractivity contribution is 0.0293. The molecule has 0 unspecified atom stereocenters. The zero-order valence-electron chi connectivity index (χ0n) is 33.1. The standard InChI is InChI=1S/C44H53NO10S2/c1-5-7-26-52-39-17-23-43-36(33-39)12-22-42(35-10-20-40(21-11-35)56(4,46)47)44(43)55-38-15-13-37(14-16-38)53-28-25-45(6-2)24-27-50-29-30-51-31-32-54-57(48,49)41-18-8-34(3)9-19-41/h8-23,33H,5-7,24-32H2,1-4H3. The van der Waals surface area contributed by atoms with Crippen LogP contribution < -0.4 is 14.2 Å². The van der Waals surface area contributed by atoms with Gasteiger partial charge in [0.05, 0.1) is 49.4 Å². The average molecular weight is 820 g/mol. The van der Waals surface area contributed by atoms with Gasteiger partial charge in [-0.3, -0.25) is 9.08 Å². The van der Waals surface area contributed by atoms with Crippen molar-refractivity contribution in [3.05, 3.63) is 109 Å². The molecule has 306 valence electrons. The molecule has 0 atom stereocenters. The van der Waals surface area contributed by atoms with Crippen molar-refractivity contribution in [3.63, 3.8) is 0 Å². The number of fused-ring (bicyclic) bond motifs is 1. The lowest BCUT2D eigenvalue weighted by atomic mass is 9.99. The second-order valence-electron chi connectivity index (χ2n) is 13.5. The van der Waals surface area contributed by atoms with Crippen LogP contribution in [0.5, 0.6) is 23.0 Å². The minimum Gasteiger partial charge on any atom is -0.494 e. The Labute approximate surface area is 337 Å². The predicted molar refractivity (Wildman–Crippen MR) is 223 cm³/mol. The first kappa shape index (κ1) is 43.6. The van der Waals surface area contributed by atoms with Crippen molar-refractivity contribution in [2.45, 2.75) is 43.4 Å². The molecule has 0 saturated heterocycles. The molecule has 0 heterocycles. The first-order valence-corrected chi connectivity index (χ1v) is 22.5. The Kier molecular flexibility index (Phi) is 16.3. The maximum Gasteiger partial charge on any atom is 0.297 e. The molecule has 0 spiro atoms. The van der Waals surface area contributed by atoms with Gasteiger partial charge in [0, 0.05) is 30.3 Å². The predicted octanol–water partition coefficient (Wildman–Crippen LogP) is 8.33. The highest BCUT2D eigenvalue weighted by Gasteiger charge is 2.16. The maximum absolute atomic E-state index is 12.3. The lowest BCUT2D eigenvalue weighted by Crippen LogP contribution is -2.31. The molecule has 5 aromatic rings. The number of likely N-dealkylation sites (N-methyl/N-ethyl adjacent to an activating group) is 1. The Bertz CT molecular complexity index is 2230. The van der Waals surface area contributed by atoms with E-state index in [0.29, 0.717) is 56.8 Å². The normalized spacial score (nSPS) is 11.9. The average Bonchev–Trinajstić information content (AvgIpc) is 3.20. The molecule has 57 heavy (non-hydrogen) atoms. The van der Waals surface area contributed by atoms with E-state index in [4.69, 9.17) is 27.9 Å². The van der Waals surface area contributed by atoms with Crippen molar-refractivity contribution in [3.8, 4) is 34.1 Å². The van der Waals surface area contributed by atoms with Gasteiger partial charge in [-0.15, -0.1) is 0 Å². The van der Waals surface area contributed by atoms with Gasteiger partial charge in [-0.2, -0.15) is 8.42 Å². The summed E-state index contributed by atoms with van der Waals surface area (Å²) in [5, 5.41) is 1.86. The molecule has 0 radical (unpaired) electrons. The van der Waals surface area contributed by atoms with E-state index in [-0.39, 0.29) is 23.0 Å². The number of hydrogen-bond acceptors (Lipinski definition) is 11. The molecule has 13 heteroatoms. The Morgan fingerprint density at radius 1 is 0.596 bits per heavy atom. The molecular weight excluding hydrogens is 767 g/mol. The van der Waals surface area contributed by atoms with Crippen molar-refractivity contribution in [1.29, 1.82) is 0 Å². The molecule has 0 aliphatic rings. The van der Waals surface area contributed by atoms with Gasteiger partial charge in [-0.25, -0.2) is 8.42 Å². The Balaban J connectivity index is 1.09. The monoisotopic (exact) mass is 819 g/mol. The van der Waals surface area contributed by atoms with Gasteiger partial charge in [0.15, 0.2) is 9.84 Å². The van der Waals surface area contributed by atoms with E-state index in [1.54, 1.807) is 36.4 Å². The lowest BCUT2D eigenvalue weighted by Gasteiger charge is -2.20. The summed E-state index contributed by atoms with van der Waals surface area (Å²) < 4.78 is 83.6. The molecule has 0 aliphatic carbocycles. The molecule has 0 fully saturated rings. The second-order valence-corrected chi connectivity index (χ2v) is 17.1. The van der Waals surface area contributed by atoms with Gasteiger partial charge in [0.1, 0.15) is 29.6 Å². The fourth-order valence-corrected chi connectivity index (χ4v) is 7.38. The van der Waals surface area contributed by atoms with Crippen LogP contribution >= 0.6 is 0 Å². The first-order chi connectivity index (χ1) is 27.5. The Hall–Kier alpha value is -4.50. The van der Waals surface area contributed by atoms with Gasteiger partial charge >= 0.3 is 0 Å². The molecule has 0 bridgehead atoms. The zero-order valence-corrected chi connectivity index (χ0v) is 34.8. The highest BCUT2D eigenvalue weighted by atomic mass is 32.2. The summed E-state index contributed by atoms with van der Waals surface area (Å²) in [5.74, 6) is 2.79. The molecule has 0 amide bonds. The summed E-state index contributed by atoms with van der Waals surface area (Å²) in [6.45, 7) is 10.8. The van der Waals surface area contributed by atoms with Gasteiger partial charge in [-0.05, 0) is 104 Å². The van der Waals surface area contributed by atoms with E-state index in [1.165, 1.54) is 18.4 Å². The molecule has 5 aromatic carbocycles. The van der Waals surface area contributed by atoms with E-state index >= 15 is 0 Å². The third-order valence-corrected chi connectivity index (χ3v) is 11.6. The number of benzene rings is 5. The summed E-state index contributed by atoms with van der Waals surface area (Å²) in [4.78, 5) is 2.61. The third-order valence-electron chi connectivity index (χ3n) is 9.17. The number of rotatable bonds is 24. The van der Waals surface area contributed by atoms with Gasteiger partial charge in [0.25, 0.3) is 10.1 Å². The van der Waals surface area contributed by atoms with E-state index in [1.807, 2.05) is 61.5 Å². The number of sulfone groups is 1. The summed E-state index contributed by atoms with van der Waals surface area (Å²) in [6.07, 6.45) is 3.23. The van der Waals surface area contributed by atoms with Crippen molar-refractivity contribution >= 4 is 30.7 Å². The van der Waals surface area contributed by atoms with Gasteiger partial charge in [-0.1, -0.05) is 56.2 Å². The van der Waals surface area contributed by atoms with Crippen molar-refractivity contribution in [2.24, 2.45) is 0 Å². The number of aryl methyl sites for hydroxylation is 1. The molecule has 11 nitrogen and oxygen atoms in total. The molecule has 0 saturated carbocycles. The molecule has 0 aromatic heterocycles. The fourth-order valence-electron chi connectivity index (χ4n) is 5.86. The quantitative estimate of drug-likeness (QED) is 0.0441. The number of ether oxygens (including phenoxy) is 5. The topological polar surface area (TPSA) is 127 Å². The van der Waals surface area contributed by atoms with Crippen molar-refractivity contribution < 1.29 is 44.7 Å². The summed E-state index contributed by atoms with van der Waals surface area (Å²) in [6, 6.07) is 30.8. The van der Waals surface area contributed by atoms with Gasteiger partial charge in [0.2, 0.25) is 0 Å². The zero-order chi connectivity index (χ0) is 40.7. The van der Waals surface area contributed by atoms with Crippen molar-refractivity contribution in [2.75, 3.05) is 72.1 Å². The number of nitrogens with zero attached hydrogens (tertiary/aromatic N) is 1. The minimum absolute atomic E-state index is 0.0672. The minimum atomic E-state index is -3.80. The molecule has 0 N–H and O–H groups in total. The summed E-state index contributed by atoms with van der Waals surface area (Å²) in [7, 11) is -7.14. The largest absolute Gasteiger partial charge is 0.494 e. The summed E-state index contributed by atoms with van der Waals surface area (Å²) in [5.41, 5.74) is 2.63. The third kappa shape index (κ3) is 13.3.